The summed E-state index contributed by atoms with van der Waals surface area (Å²) in [5, 5.41) is 37.5. The zero-order valence-electron chi connectivity index (χ0n) is 34.9. The van der Waals surface area contributed by atoms with Crippen LogP contribution in [0.3, 0.4) is 0 Å². The van der Waals surface area contributed by atoms with Crippen molar-refractivity contribution in [2.75, 3.05) is 72.1 Å². The van der Waals surface area contributed by atoms with Gasteiger partial charge in [0, 0.05) is 73.8 Å². The second kappa shape index (κ2) is 20.8. The summed E-state index contributed by atoms with van der Waals surface area (Å²) in [5.74, 6) is 1.09. The molecule has 1 amide bonds. The lowest BCUT2D eigenvalue weighted by Crippen LogP contribution is -2.56. The van der Waals surface area contributed by atoms with E-state index in [1.807, 2.05) is 27.7 Å². The molecule has 59 heavy (non-hydrogen) atoms. The zero-order valence-corrected chi connectivity index (χ0v) is 35.7. The largest absolute Gasteiger partial charge is 0.492 e. The van der Waals surface area contributed by atoms with Crippen molar-refractivity contribution >= 4 is 45.7 Å². The molecule has 1 aliphatic heterocycles. The maximum atomic E-state index is 14.1. The van der Waals surface area contributed by atoms with Crippen LogP contribution in [0, 0.1) is 0 Å². The average Bonchev–Trinajstić information content (AvgIpc) is 3.60. The third-order valence-electron chi connectivity index (χ3n) is 10.8. The Kier molecular flexibility index (Phi) is 15.9. The molecule has 1 aromatic heterocycles. The number of halogens is 1. The van der Waals surface area contributed by atoms with Crippen molar-refractivity contribution in [3.05, 3.63) is 82.9 Å². The minimum absolute atomic E-state index is 0.181. The number of ether oxygens (including phenoxy) is 2. The Morgan fingerprint density at radius 3 is 2.07 bits per heavy atom. The first-order valence-corrected chi connectivity index (χ1v) is 20.5. The number of carbonyl (C=O) groups is 2. The van der Waals surface area contributed by atoms with E-state index in [1.165, 1.54) is 0 Å². The third kappa shape index (κ3) is 12.0. The molecule has 318 valence electrons. The molecule has 5 N–H and O–H groups in total. The number of likely N-dealkylation sites (N-methyl/N-ethyl adjacent to an activating group) is 1. The van der Waals surface area contributed by atoms with Gasteiger partial charge in [-0.05, 0) is 108 Å². The van der Waals surface area contributed by atoms with Gasteiger partial charge in [-0.2, -0.15) is 0 Å². The molecule has 0 atom stereocenters. The zero-order chi connectivity index (χ0) is 42.6. The molecule has 0 saturated carbocycles. The van der Waals surface area contributed by atoms with E-state index < -0.39 is 11.1 Å². The molecule has 0 unspecified atom stereocenters. The van der Waals surface area contributed by atoms with Crippen LogP contribution in [0.25, 0.3) is 22.3 Å². The second-order valence-corrected chi connectivity index (χ2v) is 16.0. The number of nitrogens with one attached hydrogen (secondary N) is 3. The van der Waals surface area contributed by atoms with Gasteiger partial charge >= 0.3 is 0 Å². The predicted molar refractivity (Wildman–Crippen MR) is 232 cm³/mol. The Labute approximate surface area is 351 Å². The van der Waals surface area contributed by atoms with E-state index in [9.17, 15) is 20.0 Å². The minimum Gasteiger partial charge on any atom is -0.492 e. The fourth-order valence-corrected chi connectivity index (χ4v) is 7.12. The van der Waals surface area contributed by atoms with Crippen LogP contribution in [-0.4, -0.2) is 127 Å². The number of furan rings is 1. The molecule has 4 aromatic rings. The van der Waals surface area contributed by atoms with Crippen LogP contribution in [0.15, 0.2) is 81.5 Å². The van der Waals surface area contributed by atoms with E-state index in [0.29, 0.717) is 107 Å². The molecule has 1 saturated heterocycles. The number of amides is 1. The van der Waals surface area contributed by atoms with Crippen molar-refractivity contribution in [3.63, 3.8) is 0 Å². The lowest BCUT2D eigenvalue weighted by atomic mass is 9.87. The van der Waals surface area contributed by atoms with Crippen LogP contribution in [-0.2, 0) is 4.79 Å². The summed E-state index contributed by atoms with van der Waals surface area (Å²) in [6.45, 7) is 18.6. The molecule has 15 heteroatoms. The Bertz CT molecular complexity index is 2040. The van der Waals surface area contributed by atoms with Gasteiger partial charge in [0.2, 0.25) is 0 Å². The first-order valence-electron chi connectivity index (χ1n) is 20.2. The molecule has 0 radical (unpaired) electrons. The van der Waals surface area contributed by atoms with E-state index in [1.54, 1.807) is 66.7 Å². The lowest BCUT2D eigenvalue weighted by molar-refractivity contribution is -0.123. The summed E-state index contributed by atoms with van der Waals surface area (Å²) >= 11 is 6.38. The van der Waals surface area contributed by atoms with Crippen LogP contribution in [0.5, 0.6) is 11.5 Å². The SMILES string of the molecule is CCN(CC)CCOc1ccc(C(=O)c2c(-c3ccc(OCC(=O)NCCN4CCNC(C)(C)/C(=N\O)C/C(=N/O)C(C)(C)NCC4)cc3)oc3ccc(Cl)cc23)cc1. The first-order chi connectivity index (χ1) is 28.3. The number of rotatable bonds is 15. The normalized spacial score (nSPS) is 17.8. The van der Waals surface area contributed by atoms with E-state index in [-0.39, 0.29) is 24.7 Å². The smallest absolute Gasteiger partial charge is 0.257 e. The number of hydrogen-bond donors (Lipinski definition) is 5. The summed E-state index contributed by atoms with van der Waals surface area (Å²) in [6.07, 6.45) is 0.207. The molecular formula is C44H58ClN7O7. The van der Waals surface area contributed by atoms with Crippen LogP contribution in [0.4, 0.5) is 0 Å². The van der Waals surface area contributed by atoms with Crippen LogP contribution >= 0.6 is 11.6 Å². The highest BCUT2D eigenvalue weighted by atomic mass is 35.5. The van der Waals surface area contributed by atoms with Gasteiger partial charge in [0.1, 0.15) is 29.4 Å². The number of ketones is 1. The fraction of sp³-hybridized carbons (Fsp3) is 0.455. The fourth-order valence-electron chi connectivity index (χ4n) is 6.95. The lowest BCUT2D eigenvalue weighted by Gasteiger charge is -2.34. The van der Waals surface area contributed by atoms with E-state index in [0.717, 1.165) is 19.6 Å². The molecule has 0 bridgehead atoms. The number of hydrogen-bond acceptors (Lipinski definition) is 13. The van der Waals surface area contributed by atoms with Crippen LogP contribution in [0.2, 0.25) is 5.02 Å². The van der Waals surface area contributed by atoms with E-state index >= 15 is 0 Å². The molecule has 5 rings (SSSR count). The maximum absolute atomic E-state index is 14.1. The molecule has 0 spiro atoms. The molecule has 2 heterocycles. The second-order valence-electron chi connectivity index (χ2n) is 15.6. The van der Waals surface area contributed by atoms with Crippen molar-refractivity contribution in [2.24, 2.45) is 10.3 Å². The third-order valence-corrected chi connectivity index (χ3v) is 11.0. The quantitative estimate of drug-likeness (QED) is 0.0517. The van der Waals surface area contributed by atoms with Crippen LogP contribution < -0.4 is 25.4 Å². The Hall–Kier alpha value is -4.99. The molecule has 3 aromatic carbocycles. The minimum atomic E-state index is -0.649. The van der Waals surface area contributed by atoms with Gasteiger partial charge in [-0.25, -0.2) is 0 Å². The molecule has 0 aliphatic carbocycles. The van der Waals surface area contributed by atoms with Crippen molar-refractivity contribution in [1.29, 1.82) is 0 Å². The summed E-state index contributed by atoms with van der Waals surface area (Å²) < 4.78 is 18.0. The van der Waals surface area contributed by atoms with E-state index in [2.05, 4.69) is 49.9 Å². The van der Waals surface area contributed by atoms with Crippen LogP contribution in [0.1, 0.15) is 63.9 Å². The van der Waals surface area contributed by atoms with Gasteiger partial charge in [0.05, 0.1) is 28.1 Å². The molecule has 1 fully saturated rings. The van der Waals surface area contributed by atoms with Gasteiger partial charge in [-0.1, -0.05) is 35.8 Å². The van der Waals surface area contributed by atoms with Gasteiger partial charge in [0.25, 0.3) is 5.91 Å². The highest BCUT2D eigenvalue weighted by molar-refractivity contribution is 6.32. The van der Waals surface area contributed by atoms with Crippen molar-refractivity contribution < 1.29 is 33.9 Å². The van der Waals surface area contributed by atoms with Gasteiger partial charge < -0.3 is 45.2 Å². The first kappa shape index (κ1) is 45.1. The van der Waals surface area contributed by atoms with Gasteiger partial charge in [-0.15, -0.1) is 0 Å². The number of benzene rings is 3. The Morgan fingerprint density at radius 1 is 0.881 bits per heavy atom. The maximum Gasteiger partial charge on any atom is 0.257 e. The topological polar surface area (TPSA) is 173 Å². The van der Waals surface area contributed by atoms with E-state index in [4.69, 9.17) is 25.5 Å². The average molecular weight is 832 g/mol. The highest BCUT2D eigenvalue weighted by Crippen LogP contribution is 2.37. The summed E-state index contributed by atoms with van der Waals surface area (Å²) in [5.41, 5.74) is 1.69. The Balaban J connectivity index is 1.18. The number of oxime groups is 2. The van der Waals surface area contributed by atoms with Crippen molar-refractivity contribution in [3.8, 4) is 22.8 Å². The summed E-state index contributed by atoms with van der Waals surface area (Å²) in [4.78, 5) is 31.4. The molecular weight excluding hydrogens is 774 g/mol. The van der Waals surface area contributed by atoms with Gasteiger partial charge in [0.15, 0.2) is 12.4 Å². The Morgan fingerprint density at radius 2 is 1.47 bits per heavy atom. The predicted octanol–water partition coefficient (Wildman–Crippen LogP) is 6.30. The van der Waals surface area contributed by atoms with Crippen molar-refractivity contribution in [1.82, 2.24) is 25.8 Å². The number of fused-ring (bicyclic) bond motifs is 1. The van der Waals surface area contributed by atoms with Crippen molar-refractivity contribution in [2.45, 2.75) is 59.0 Å². The number of carbonyl (C=O) groups excluding carboxylic acids is 2. The highest BCUT2D eigenvalue weighted by Gasteiger charge is 2.33. The monoisotopic (exact) mass is 831 g/mol. The molecule has 14 nitrogen and oxygen atoms in total. The number of nitrogens with zero attached hydrogens (tertiary/aromatic N) is 4. The summed E-state index contributed by atoms with van der Waals surface area (Å²) in [6, 6.07) is 19.4. The summed E-state index contributed by atoms with van der Waals surface area (Å²) in [7, 11) is 0. The van der Waals surface area contributed by atoms with Gasteiger partial charge in [-0.3, -0.25) is 14.5 Å². The molecule has 1 aliphatic rings. The standard InChI is InChI=1S/C44H58ClN7O7/c1-7-51(8-2)25-26-57-33-14-9-30(10-15-33)41(54)40-35-27-32(45)13-18-36(35)59-42(40)31-11-16-34(17-12-31)58-29-39(53)46-19-22-52-23-20-47-43(3,4)37(49-55)28-38(50-56)44(5,6)48-21-24-52/h9-18,27,47-48,55-56H,7-8,19-26,28-29H2,1-6H3,(H,46,53)/b49-37-,50-38-.